The van der Waals surface area contributed by atoms with Gasteiger partial charge in [-0.2, -0.15) is 0 Å². The molecule has 3 aliphatic rings. The van der Waals surface area contributed by atoms with Crippen molar-refractivity contribution in [1.29, 1.82) is 0 Å². The summed E-state index contributed by atoms with van der Waals surface area (Å²) < 4.78 is 6.10. The number of nitrogens with zero attached hydrogens (tertiary/aromatic N) is 2. The van der Waals surface area contributed by atoms with E-state index >= 15 is 0 Å². The van der Waals surface area contributed by atoms with Crippen molar-refractivity contribution < 1.29 is 9.84 Å². The minimum absolute atomic E-state index is 0.199. The minimum atomic E-state index is -0.427. The Morgan fingerprint density at radius 2 is 1.85 bits per heavy atom. The van der Waals surface area contributed by atoms with Gasteiger partial charge in [-0.05, 0) is 47.1 Å². The molecule has 0 spiro atoms. The van der Waals surface area contributed by atoms with Gasteiger partial charge in [0.05, 0.1) is 17.3 Å². The summed E-state index contributed by atoms with van der Waals surface area (Å²) in [6.07, 6.45) is 2.32. The highest BCUT2D eigenvalue weighted by Crippen LogP contribution is 2.42. The number of aliphatic hydroxyl groups excluding tert-OH is 1. The zero-order valence-corrected chi connectivity index (χ0v) is 13.4. The van der Waals surface area contributed by atoms with Gasteiger partial charge in [-0.1, -0.05) is 0 Å². The summed E-state index contributed by atoms with van der Waals surface area (Å²) in [5, 5.41) is 10.6. The largest absolute Gasteiger partial charge is 0.390 e. The zero-order valence-electron chi connectivity index (χ0n) is 13.4. The summed E-state index contributed by atoms with van der Waals surface area (Å²) in [6.45, 7) is 14.0. The third kappa shape index (κ3) is 2.52. The molecule has 3 heterocycles. The van der Waals surface area contributed by atoms with Crippen molar-refractivity contribution in [2.45, 2.75) is 63.9 Å². The number of fused-ring (bicyclic) bond motifs is 1. The lowest BCUT2D eigenvalue weighted by atomic mass is 9.84. The molecule has 0 aliphatic carbocycles. The van der Waals surface area contributed by atoms with Gasteiger partial charge in [0.2, 0.25) is 0 Å². The molecular formula is C16H30N2O2. The summed E-state index contributed by atoms with van der Waals surface area (Å²) >= 11 is 0. The van der Waals surface area contributed by atoms with Crippen molar-refractivity contribution in [2.24, 2.45) is 5.92 Å². The Bertz CT molecular complexity index is 369. The minimum Gasteiger partial charge on any atom is -0.390 e. The average molecular weight is 282 g/mol. The molecule has 0 radical (unpaired) electrons. The molecule has 0 aromatic heterocycles. The Hall–Kier alpha value is -0.160. The van der Waals surface area contributed by atoms with Crippen LogP contribution in [0.4, 0.5) is 0 Å². The third-order valence-electron chi connectivity index (χ3n) is 5.64. The number of rotatable bonds is 2. The van der Waals surface area contributed by atoms with Gasteiger partial charge in [0.1, 0.15) is 0 Å². The molecule has 20 heavy (non-hydrogen) atoms. The molecule has 4 heteroatoms. The second kappa shape index (κ2) is 4.94. The summed E-state index contributed by atoms with van der Waals surface area (Å²) in [5.74, 6) is 0.199. The van der Waals surface area contributed by atoms with E-state index in [0.29, 0.717) is 0 Å². The third-order valence-corrected chi connectivity index (χ3v) is 5.64. The Balaban J connectivity index is 1.65. The molecule has 4 nitrogen and oxygen atoms in total. The fourth-order valence-corrected chi connectivity index (χ4v) is 4.50. The van der Waals surface area contributed by atoms with Gasteiger partial charge < -0.3 is 14.7 Å². The summed E-state index contributed by atoms with van der Waals surface area (Å²) in [6, 6.07) is 0.749. The zero-order chi connectivity index (χ0) is 14.5. The lowest BCUT2D eigenvalue weighted by Gasteiger charge is -2.40. The normalized spacial score (nSPS) is 41.0. The fraction of sp³-hybridized carbons (Fsp3) is 1.00. The quantitative estimate of drug-likeness (QED) is 0.829. The molecule has 3 saturated heterocycles. The fourth-order valence-electron chi connectivity index (χ4n) is 4.50. The van der Waals surface area contributed by atoms with Gasteiger partial charge in [0.25, 0.3) is 0 Å². The van der Waals surface area contributed by atoms with Gasteiger partial charge in [0.15, 0.2) is 0 Å². The highest BCUT2D eigenvalue weighted by atomic mass is 16.5. The van der Waals surface area contributed by atoms with Gasteiger partial charge in [0, 0.05) is 38.1 Å². The topological polar surface area (TPSA) is 35.9 Å². The van der Waals surface area contributed by atoms with E-state index in [1.165, 1.54) is 32.5 Å². The van der Waals surface area contributed by atoms with Crippen LogP contribution in [0.5, 0.6) is 0 Å². The van der Waals surface area contributed by atoms with Gasteiger partial charge in [-0.25, -0.2) is 0 Å². The van der Waals surface area contributed by atoms with Crippen molar-refractivity contribution in [3.8, 4) is 0 Å². The number of aliphatic hydroxyl groups is 1. The van der Waals surface area contributed by atoms with Crippen LogP contribution >= 0.6 is 0 Å². The molecule has 0 bridgehead atoms. The Kier molecular flexibility index (Phi) is 3.65. The van der Waals surface area contributed by atoms with E-state index in [-0.39, 0.29) is 17.6 Å². The van der Waals surface area contributed by atoms with E-state index in [9.17, 15) is 5.11 Å². The summed E-state index contributed by atoms with van der Waals surface area (Å²) in [5.41, 5.74) is -0.668. The maximum Gasteiger partial charge on any atom is 0.0896 e. The predicted molar refractivity (Wildman–Crippen MR) is 79.8 cm³/mol. The molecule has 3 atom stereocenters. The van der Waals surface area contributed by atoms with E-state index in [4.69, 9.17) is 4.74 Å². The van der Waals surface area contributed by atoms with Crippen LogP contribution in [-0.2, 0) is 4.74 Å². The van der Waals surface area contributed by atoms with Gasteiger partial charge in [-0.3, -0.25) is 4.90 Å². The lowest BCUT2D eigenvalue weighted by Crippen LogP contribution is -2.53. The smallest absolute Gasteiger partial charge is 0.0896 e. The van der Waals surface area contributed by atoms with Crippen molar-refractivity contribution >= 4 is 0 Å². The first-order chi connectivity index (χ1) is 9.29. The van der Waals surface area contributed by atoms with Gasteiger partial charge in [-0.15, -0.1) is 0 Å². The first-order valence-electron chi connectivity index (χ1n) is 8.14. The van der Waals surface area contributed by atoms with Crippen LogP contribution in [0.2, 0.25) is 0 Å². The molecule has 3 unspecified atom stereocenters. The average Bonchev–Trinajstić information content (AvgIpc) is 2.85. The van der Waals surface area contributed by atoms with Crippen molar-refractivity contribution in [1.82, 2.24) is 9.80 Å². The van der Waals surface area contributed by atoms with Gasteiger partial charge >= 0.3 is 0 Å². The molecule has 0 aromatic carbocycles. The maximum absolute atomic E-state index is 10.6. The van der Waals surface area contributed by atoms with E-state index < -0.39 is 5.60 Å². The molecule has 0 saturated carbocycles. The van der Waals surface area contributed by atoms with Crippen molar-refractivity contribution in [3.05, 3.63) is 0 Å². The standard InChI is InChI=1S/C16H30N2O2/c1-15(2)13(14(19)16(3,4)20-15)11-17-8-9-18-7-5-6-12(18)10-17/h12-14,19H,5-11H2,1-4H3. The molecule has 116 valence electrons. The first-order valence-corrected chi connectivity index (χ1v) is 8.14. The van der Waals surface area contributed by atoms with E-state index in [1.54, 1.807) is 0 Å². The van der Waals surface area contributed by atoms with Crippen molar-refractivity contribution in [3.63, 3.8) is 0 Å². The van der Waals surface area contributed by atoms with Crippen LogP contribution in [0.25, 0.3) is 0 Å². The predicted octanol–water partition coefficient (Wildman–Crippen LogP) is 1.33. The Morgan fingerprint density at radius 1 is 1.10 bits per heavy atom. The Morgan fingerprint density at radius 3 is 2.50 bits per heavy atom. The number of ether oxygens (including phenoxy) is 1. The second-order valence-electron chi connectivity index (χ2n) is 7.95. The van der Waals surface area contributed by atoms with E-state index in [0.717, 1.165) is 19.1 Å². The molecule has 0 amide bonds. The lowest BCUT2D eigenvalue weighted by molar-refractivity contribution is -0.0916. The SMILES string of the molecule is CC1(C)OC(C)(C)C(CN2CCN3CCCC3C2)C1O. The van der Waals surface area contributed by atoms with Crippen molar-refractivity contribution in [2.75, 3.05) is 32.7 Å². The van der Waals surface area contributed by atoms with E-state index in [1.807, 2.05) is 13.8 Å². The second-order valence-corrected chi connectivity index (χ2v) is 7.95. The van der Waals surface area contributed by atoms with Crippen LogP contribution in [0.15, 0.2) is 0 Å². The molecule has 3 aliphatic heterocycles. The highest BCUT2D eigenvalue weighted by Gasteiger charge is 2.53. The first kappa shape index (κ1) is 14.8. The summed E-state index contributed by atoms with van der Waals surface area (Å²) in [7, 11) is 0. The number of hydrogen-bond donors (Lipinski definition) is 1. The molecule has 1 N–H and O–H groups in total. The van der Waals surface area contributed by atoms with Crippen LogP contribution < -0.4 is 0 Å². The van der Waals surface area contributed by atoms with Crippen LogP contribution in [-0.4, -0.2) is 71.0 Å². The molecular weight excluding hydrogens is 252 g/mol. The molecule has 3 fully saturated rings. The monoisotopic (exact) mass is 282 g/mol. The molecule has 0 aromatic rings. The highest BCUT2D eigenvalue weighted by molar-refractivity contribution is 5.03. The molecule has 3 rings (SSSR count). The summed E-state index contributed by atoms with van der Waals surface area (Å²) in [4.78, 5) is 5.18. The number of hydrogen-bond acceptors (Lipinski definition) is 4. The van der Waals surface area contributed by atoms with Crippen LogP contribution in [0, 0.1) is 5.92 Å². The number of piperazine rings is 1. The van der Waals surface area contributed by atoms with Crippen LogP contribution in [0.3, 0.4) is 0 Å². The Labute approximate surface area is 123 Å². The van der Waals surface area contributed by atoms with E-state index in [2.05, 4.69) is 23.6 Å². The maximum atomic E-state index is 10.6. The van der Waals surface area contributed by atoms with Crippen LogP contribution in [0.1, 0.15) is 40.5 Å².